The molecule has 0 radical (unpaired) electrons. The zero-order valence-electron chi connectivity index (χ0n) is 16.0. The third-order valence-electron chi connectivity index (χ3n) is 5.22. The van der Waals surface area contributed by atoms with Crippen LogP contribution in [-0.4, -0.2) is 21.8 Å². The highest BCUT2D eigenvalue weighted by Gasteiger charge is 2.52. The molecular weight excluding hydrogens is 382 g/mol. The van der Waals surface area contributed by atoms with E-state index < -0.39 is 16.5 Å². The lowest BCUT2D eigenvalue weighted by molar-refractivity contribution is -0.384. The molecule has 0 spiro atoms. The molecule has 150 valence electrons. The van der Waals surface area contributed by atoms with Crippen LogP contribution < -0.4 is 5.32 Å². The Hall–Kier alpha value is -4.00. The summed E-state index contributed by atoms with van der Waals surface area (Å²) in [4.78, 5) is 38.1. The van der Waals surface area contributed by atoms with E-state index in [2.05, 4.69) is 5.32 Å². The molecule has 7 heteroatoms. The molecule has 1 N–H and O–H groups in total. The number of rotatable bonds is 6. The lowest BCUT2D eigenvalue weighted by Gasteiger charge is -2.27. The van der Waals surface area contributed by atoms with Gasteiger partial charge < -0.3 is 5.32 Å². The number of non-ortho nitro benzene ring substituents is 1. The number of carbonyl (C=O) groups is 2. The second-order valence-corrected chi connectivity index (χ2v) is 7.18. The Bertz CT molecular complexity index is 1100. The van der Waals surface area contributed by atoms with Crippen molar-refractivity contribution in [3.63, 3.8) is 0 Å². The van der Waals surface area contributed by atoms with Crippen LogP contribution in [0.5, 0.6) is 0 Å². The van der Waals surface area contributed by atoms with Gasteiger partial charge in [0.05, 0.1) is 11.5 Å². The van der Waals surface area contributed by atoms with E-state index in [9.17, 15) is 19.7 Å². The van der Waals surface area contributed by atoms with Crippen molar-refractivity contribution >= 4 is 17.6 Å². The summed E-state index contributed by atoms with van der Waals surface area (Å²) in [5.74, 6) is -0.381. The van der Waals surface area contributed by atoms with Gasteiger partial charge in [0.2, 0.25) is 0 Å². The van der Waals surface area contributed by atoms with Crippen LogP contribution in [0.2, 0.25) is 0 Å². The molecule has 1 atom stereocenters. The van der Waals surface area contributed by atoms with E-state index in [-0.39, 0.29) is 18.1 Å². The summed E-state index contributed by atoms with van der Waals surface area (Å²) in [6.07, 6.45) is 0.299. The molecule has 1 aliphatic heterocycles. The predicted octanol–water partition coefficient (Wildman–Crippen LogP) is 3.78. The molecule has 0 saturated carbocycles. The molecule has 3 aromatic carbocycles. The van der Waals surface area contributed by atoms with Gasteiger partial charge in [0.1, 0.15) is 0 Å². The highest BCUT2D eigenvalue weighted by Crippen LogP contribution is 2.34. The highest BCUT2D eigenvalue weighted by atomic mass is 16.6. The highest BCUT2D eigenvalue weighted by molar-refractivity contribution is 6.07. The number of nitrogens with one attached hydrogen (secondary N) is 1. The van der Waals surface area contributed by atoms with Crippen molar-refractivity contribution in [1.82, 2.24) is 10.2 Å². The molecule has 0 aromatic heterocycles. The minimum atomic E-state index is -1.24. The summed E-state index contributed by atoms with van der Waals surface area (Å²) in [7, 11) is 0. The maximum absolute atomic E-state index is 13.6. The fraction of sp³-hybridized carbons (Fsp3) is 0.130. The number of nitro groups is 1. The topological polar surface area (TPSA) is 92.6 Å². The van der Waals surface area contributed by atoms with Crippen molar-refractivity contribution in [3.05, 3.63) is 112 Å². The number of amides is 3. The number of imide groups is 1. The molecule has 3 amide bonds. The number of hydrogen-bond acceptors (Lipinski definition) is 4. The summed E-state index contributed by atoms with van der Waals surface area (Å²) in [6, 6.07) is 24.0. The van der Waals surface area contributed by atoms with Gasteiger partial charge in [-0.25, -0.2) is 4.79 Å². The summed E-state index contributed by atoms with van der Waals surface area (Å²) in [5, 5.41) is 13.9. The standard InChI is InChI=1S/C23H19N3O4/c27-21-23(19-11-5-2-6-12-19,15-17-8-3-1-4-9-17)24-22(28)25(21)16-18-10-7-13-20(14-18)26(29)30/h1-14H,15-16H2,(H,24,28)/t23-/m1/s1. The van der Waals surface area contributed by atoms with E-state index in [1.54, 1.807) is 12.1 Å². The first-order valence-electron chi connectivity index (χ1n) is 9.46. The normalized spacial score (nSPS) is 18.3. The number of nitrogens with zero attached hydrogens (tertiary/aromatic N) is 2. The van der Waals surface area contributed by atoms with Crippen LogP contribution >= 0.6 is 0 Å². The SMILES string of the molecule is O=C1N[C@](Cc2ccccc2)(c2ccccc2)C(=O)N1Cc1cccc([N+](=O)[O-])c1. The molecule has 1 heterocycles. The quantitative estimate of drug-likeness (QED) is 0.386. The second-order valence-electron chi connectivity index (χ2n) is 7.18. The van der Waals surface area contributed by atoms with Gasteiger partial charge in [0.15, 0.2) is 5.54 Å². The summed E-state index contributed by atoms with van der Waals surface area (Å²) in [5.41, 5.74) is 0.788. The lowest BCUT2D eigenvalue weighted by Crippen LogP contribution is -2.46. The third-order valence-corrected chi connectivity index (χ3v) is 5.22. The summed E-state index contributed by atoms with van der Waals surface area (Å²) in [6.45, 7) is -0.0459. The first-order chi connectivity index (χ1) is 14.5. The Kier molecular flexibility index (Phi) is 5.02. The van der Waals surface area contributed by atoms with Gasteiger partial charge in [-0.3, -0.25) is 19.8 Å². The minimum absolute atomic E-state index is 0.0459. The van der Waals surface area contributed by atoms with Gasteiger partial charge in [-0.1, -0.05) is 72.8 Å². The molecule has 7 nitrogen and oxygen atoms in total. The van der Waals surface area contributed by atoms with E-state index >= 15 is 0 Å². The van der Waals surface area contributed by atoms with Gasteiger partial charge in [0.25, 0.3) is 11.6 Å². The fourth-order valence-electron chi connectivity index (χ4n) is 3.76. The summed E-state index contributed by atoms with van der Waals surface area (Å²) < 4.78 is 0. The number of urea groups is 1. The zero-order chi connectivity index (χ0) is 21.1. The van der Waals surface area contributed by atoms with Crippen molar-refractivity contribution < 1.29 is 14.5 Å². The molecule has 30 heavy (non-hydrogen) atoms. The molecule has 4 rings (SSSR count). The fourth-order valence-corrected chi connectivity index (χ4v) is 3.76. The largest absolute Gasteiger partial charge is 0.325 e. The third kappa shape index (κ3) is 3.53. The Morgan fingerprint density at radius 3 is 2.17 bits per heavy atom. The molecular formula is C23H19N3O4. The first-order valence-corrected chi connectivity index (χ1v) is 9.46. The Balaban J connectivity index is 1.70. The van der Waals surface area contributed by atoms with Crippen LogP contribution in [0.15, 0.2) is 84.9 Å². The van der Waals surface area contributed by atoms with Gasteiger partial charge in [-0.05, 0) is 16.7 Å². The molecule has 0 unspecified atom stereocenters. The molecule has 1 fully saturated rings. The minimum Gasteiger partial charge on any atom is -0.319 e. The molecule has 1 saturated heterocycles. The monoisotopic (exact) mass is 401 g/mol. The number of hydrogen-bond donors (Lipinski definition) is 1. The van der Waals surface area contributed by atoms with Crippen LogP contribution in [0.3, 0.4) is 0 Å². The van der Waals surface area contributed by atoms with Gasteiger partial charge in [-0.15, -0.1) is 0 Å². The molecule has 3 aromatic rings. The van der Waals surface area contributed by atoms with Crippen LogP contribution in [0, 0.1) is 10.1 Å². The molecule has 1 aliphatic rings. The molecule has 0 aliphatic carbocycles. The predicted molar refractivity (Wildman–Crippen MR) is 110 cm³/mol. The van der Waals surface area contributed by atoms with Crippen LogP contribution in [0.4, 0.5) is 10.5 Å². The number of nitro benzene ring substituents is 1. The van der Waals surface area contributed by atoms with E-state index in [0.717, 1.165) is 10.5 Å². The second kappa shape index (κ2) is 7.79. The van der Waals surface area contributed by atoms with Crippen molar-refractivity contribution in [3.8, 4) is 0 Å². The van der Waals surface area contributed by atoms with E-state index in [1.165, 1.54) is 12.1 Å². The van der Waals surface area contributed by atoms with Gasteiger partial charge in [-0.2, -0.15) is 0 Å². The molecule has 0 bridgehead atoms. The van der Waals surface area contributed by atoms with Crippen LogP contribution in [0.1, 0.15) is 16.7 Å². The Morgan fingerprint density at radius 2 is 1.50 bits per heavy atom. The average molecular weight is 401 g/mol. The van der Waals surface area contributed by atoms with Crippen LogP contribution in [-0.2, 0) is 23.3 Å². The Labute approximate surface area is 173 Å². The van der Waals surface area contributed by atoms with E-state index in [1.807, 2.05) is 60.7 Å². The first kappa shape index (κ1) is 19.3. The Morgan fingerprint density at radius 1 is 0.867 bits per heavy atom. The maximum Gasteiger partial charge on any atom is 0.325 e. The van der Waals surface area contributed by atoms with E-state index in [4.69, 9.17) is 0 Å². The maximum atomic E-state index is 13.6. The van der Waals surface area contributed by atoms with Crippen LogP contribution in [0.25, 0.3) is 0 Å². The summed E-state index contributed by atoms with van der Waals surface area (Å²) >= 11 is 0. The van der Waals surface area contributed by atoms with Crippen molar-refractivity contribution in [2.75, 3.05) is 0 Å². The average Bonchev–Trinajstić information content (AvgIpc) is 3.00. The van der Waals surface area contributed by atoms with Crippen molar-refractivity contribution in [2.45, 2.75) is 18.5 Å². The van der Waals surface area contributed by atoms with E-state index in [0.29, 0.717) is 17.5 Å². The van der Waals surface area contributed by atoms with Gasteiger partial charge >= 0.3 is 6.03 Å². The zero-order valence-corrected chi connectivity index (χ0v) is 16.0. The van der Waals surface area contributed by atoms with Gasteiger partial charge in [0, 0.05) is 18.6 Å². The number of benzene rings is 3. The number of carbonyl (C=O) groups excluding carboxylic acids is 2. The van der Waals surface area contributed by atoms with Crippen molar-refractivity contribution in [2.24, 2.45) is 0 Å². The van der Waals surface area contributed by atoms with Crippen molar-refractivity contribution in [1.29, 1.82) is 0 Å². The smallest absolute Gasteiger partial charge is 0.319 e. The lowest BCUT2D eigenvalue weighted by atomic mass is 9.83.